The number of hydrogen-bond donors (Lipinski definition) is 1. The van der Waals surface area contributed by atoms with Gasteiger partial charge in [-0.2, -0.15) is 0 Å². The minimum absolute atomic E-state index is 0.505. The van der Waals surface area contributed by atoms with Crippen LogP contribution < -0.4 is 0 Å². The highest BCUT2D eigenvalue weighted by atomic mass is 31.2. The predicted octanol–water partition coefficient (Wildman–Crippen LogP) is 6.37. The molecule has 0 radical (unpaired) electrons. The highest BCUT2D eigenvalue weighted by molar-refractivity contribution is 7.57. The third kappa shape index (κ3) is 18.2. The third-order valence-corrected chi connectivity index (χ3v) is 5.07. The second-order valence-electron chi connectivity index (χ2n) is 6.37. The number of hydrogen-bond acceptors (Lipinski definition) is 1. The number of rotatable bonds is 15. The van der Waals surface area contributed by atoms with Gasteiger partial charge in [0, 0.05) is 12.8 Å². The summed E-state index contributed by atoms with van der Waals surface area (Å²) < 4.78 is 11.1. The maximum atomic E-state index is 11.1. The molecule has 0 saturated heterocycles. The van der Waals surface area contributed by atoms with Crippen molar-refractivity contribution in [2.45, 2.75) is 96.8 Å². The molecule has 0 bridgehead atoms. The smallest absolute Gasteiger partial charge is 0.197 e. The standard InChI is InChI=1S/C17H37O2P/c1-3-4-5-6-7-8-9-10-11-12-13-14-15-16-17-20(2,18)19/h3-17H2,1-2H3,(H,18,19). The zero-order chi connectivity index (χ0) is 15.1. The van der Waals surface area contributed by atoms with Gasteiger partial charge in [-0.15, -0.1) is 0 Å². The van der Waals surface area contributed by atoms with E-state index in [1.807, 2.05) is 0 Å². The molecule has 0 aliphatic heterocycles. The highest BCUT2D eigenvalue weighted by Gasteiger charge is 2.07. The first-order chi connectivity index (χ1) is 9.56. The van der Waals surface area contributed by atoms with Crippen LogP contribution >= 0.6 is 7.37 Å². The summed E-state index contributed by atoms with van der Waals surface area (Å²) in [7, 11) is -2.75. The first-order valence-corrected chi connectivity index (χ1v) is 11.1. The quantitative estimate of drug-likeness (QED) is 0.282. The molecule has 0 heterocycles. The van der Waals surface area contributed by atoms with Crippen molar-refractivity contribution in [2.75, 3.05) is 12.8 Å². The Morgan fingerprint density at radius 2 is 0.950 bits per heavy atom. The Hall–Kier alpha value is 0.190. The molecule has 0 aromatic carbocycles. The number of unbranched alkanes of at least 4 members (excludes halogenated alkanes) is 13. The monoisotopic (exact) mass is 304 g/mol. The van der Waals surface area contributed by atoms with E-state index < -0.39 is 7.37 Å². The van der Waals surface area contributed by atoms with Crippen molar-refractivity contribution in [1.29, 1.82) is 0 Å². The van der Waals surface area contributed by atoms with E-state index in [9.17, 15) is 4.57 Å². The van der Waals surface area contributed by atoms with E-state index in [4.69, 9.17) is 4.89 Å². The zero-order valence-electron chi connectivity index (χ0n) is 13.9. The molecule has 0 amide bonds. The first-order valence-electron chi connectivity index (χ1n) is 8.85. The Kier molecular flexibility index (Phi) is 14.3. The third-order valence-electron chi connectivity index (χ3n) is 3.93. The maximum Gasteiger partial charge on any atom is 0.197 e. The molecule has 0 fully saturated rings. The van der Waals surface area contributed by atoms with Crippen LogP contribution in [0.5, 0.6) is 0 Å². The van der Waals surface area contributed by atoms with Crippen LogP contribution in [0.4, 0.5) is 0 Å². The normalized spacial score (nSPS) is 14.3. The molecular formula is C17H37O2P. The molecular weight excluding hydrogens is 267 g/mol. The second-order valence-corrected chi connectivity index (χ2v) is 8.92. The van der Waals surface area contributed by atoms with E-state index >= 15 is 0 Å². The van der Waals surface area contributed by atoms with Gasteiger partial charge in [-0.3, -0.25) is 4.57 Å². The van der Waals surface area contributed by atoms with Gasteiger partial charge >= 0.3 is 0 Å². The van der Waals surface area contributed by atoms with Gasteiger partial charge in [0.25, 0.3) is 0 Å². The average Bonchev–Trinajstić information content (AvgIpc) is 2.38. The van der Waals surface area contributed by atoms with Crippen LogP contribution in [0.3, 0.4) is 0 Å². The fraction of sp³-hybridized carbons (Fsp3) is 1.00. The van der Waals surface area contributed by atoms with Crippen LogP contribution in [0.25, 0.3) is 0 Å². The molecule has 0 saturated carbocycles. The Morgan fingerprint density at radius 1 is 0.650 bits per heavy atom. The van der Waals surface area contributed by atoms with Crippen molar-refractivity contribution in [3.05, 3.63) is 0 Å². The Balaban J connectivity index is 3.01. The zero-order valence-corrected chi connectivity index (χ0v) is 14.8. The van der Waals surface area contributed by atoms with Crippen LogP contribution in [0.1, 0.15) is 96.8 Å². The Morgan fingerprint density at radius 3 is 1.25 bits per heavy atom. The second kappa shape index (κ2) is 14.1. The van der Waals surface area contributed by atoms with Crippen molar-refractivity contribution in [3.63, 3.8) is 0 Å². The van der Waals surface area contributed by atoms with Crippen LogP contribution in [0.15, 0.2) is 0 Å². The van der Waals surface area contributed by atoms with Crippen LogP contribution in [-0.2, 0) is 4.57 Å². The molecule has 1 unspecified atom stereocenters. The van der Waals surface area contributed by atoms with E-state index in [2.05, 4.69) is 6.92 Å². The summed E-state index contributed by atoms with van der Waals surface area (Å²) in [5.41, 5.74) is 0. The fourth-order valence-electron chi connectivity index (χ4n) is 2.60. The van der Waals surface area contributed by atoms with Gasteiger partial charge in [-0.25, -0.2) is 0 Å². The Labute approximate surface area is 127 Å². The van der Waals surface area contributed by atoms with Crippen molar-refractivity contribution in [3.8, 4) is 0 Å². The molecule has 2 nitrogen and oxygen atoms in total. The molecule has 3 heteroatoms. The van der Waals surface area contributed by atoms with Crippen LogP contribution in [-0.4, -0.2) is 17.7 Å². The van der Waals surface area contributed by atoms with Gasteiger partial charge in [-0.05, 0) is 6.42 Å². The molecule has 0 rings (SSSR count). The minimum atomic E-state index is -2.75. The summed E-state index contributed by atoms with van der Waals surface area (Å²) in [6.45, 7) is 3.74. The lowest BCUT2D eigenvalue weighted by molar-refractivity contribution is 0.480. The summed E-state index contributed by atoms with van der Waals surface area (Å²) in [4.78, 5) is 9.16. The molecule has 0 aliphatic rings. The Bertz CT molecular complexity index is 235. The van der Waals surface area contributed by atoms with Crippen molar-refractivity contribution in [2.24, 2.45) is 0 Å². The van der Waals surface area contributed by atoms with Gasteiger partial charge in [0.15, 0.2) is 7.37 Å². The molecule has 0 spiro atoms. The fourth-order valence-corrected chi connectivity index (χ4v) is 3.41. The molecule has 0 aliphatic carbocycles. The average molecular weight is 304 g/mol. The molecule has 122 valence electrons. The highest BCUT2D eigenvalue weighted by Crippen LogP contribution is 2.36. The maximum absolute atomic E-state index is 11.1. The van der Waals surface area contributed by atoms with E-state index in [0.29, 0.717) is 6.16 Å². The minimum Gasteiger partial charge on any atom is -0.344 e. The molecule has 0 aromatic rings. The summed E-state index contributed by atoms with van der Waals surface area (Å²) in [5, 5.41) is 0. The van der Waals surface area contributed by atoms with Gasteiger partial charge in [0.1, 0.15) is 0 Å². The summed E-state index contributed by atoms with van der Waals surface area (Å²) in [6.07, 6.45) is 19.1. The molecule has 1 N–H and O–H groups in total. The predicted molar refractivity (Wildman–Crippen MR) is 90.9 cm³/mol. The molecule has 0 aromatic heterocycles. The molecule has 20 heavy (non-hydrogen) atoms. The van der Waals surface area contributed by atoms with E-state index in [0.717, 1.165) is 12.8 Å². The van der Waals surface area contributed by atoms with E-state index in [1.54, 1.807) is 0 Å². The van der Waals surface area contributed by atoms with E-state index in [-0.39, 0.29) is 0 Å². The topological polar surface area (TPSA) is 37.3 Å². The summed E-state index contributed by atoms with van der Waals surface area (Å²) in [6, 6.07) is 0. The molecule has 1 atom stereocenters. The van der Waals surface area contributed by atoms with Crippen LogP contribution in [0.2, 0.25) is 0 Å². The summed E-state index contributed by atoms with van der Waals surface area (Å²) >= 11 is 0. The van der Waals surface area contributed by atoms with Crippen LogP contribution in [0, 0.1) is 0 Å². The van der Waals surface area contributed by atoms with Gasteiger partial charge in [0.05, 0.1) is 0 Å². The lowest BCUT2D eigenvalue weighted by atomic mass is 10.0. The summed E-state index contributed by atoms with van der Waals surface area (Å²) in [5.74, 6) is 0. The van der Waals surface area contributed by atoms with Crippen molar-refractivity contribution < 1.29 is 9.46 Å². The van der Waals surface area contributed by atoms with Gasteiger partial charge in [0.2, 0.25) is 0 Å². The van der Waals surface area contributed by atoms with E-state index in [1.165, 1.54) is 83.7 Å². The lowest BCUT2D eigenvalue weighted by Gasteiger charge is -2.05. The van der Waals surface area contributed by atoms with Gasteiger partial charge < -0.3 is 4.89 Å². The van der Waals surface area contributed by atoms with Gasteiger partial charge in [-0.1, -0.05) is 90.4 Å². The van der Waals surface area contributed by atoms with Crippen molar-refractivity contribution in [1.82, 2.24) is 0 Å². The lowest BCUT2D eigenvalue weighted by Crippen LogP contribution is -1.88. The first kappa shape index (κ1) is 20.2. The SMILES string of the molecule is CCCCCCCCCCCCCCCCP(C)(=O)O. The largest absolute Gasteiger partial charge is 0.344 e. The van der Waals surface area contributed by atoms with Crippen molar-refractivity contribution >= 4 is 7.37 Å².